The first-order valence-corrected chi connectivity index (χ1v) is 8.12. The number of anilines is 1. The molecule has 108 valence electrons. The molecule has 1 amide bonds. The van der Waals surface area contributed by atoms with Crippen LogP contribution in [0.25, 0.3) is 0 Å². The van der Waals surface area contributed by atoms with Crippen molar-refractivity contribution in [2.45, 2.75) is 12.8 Å². The van der Waals surface area contributed by atoms with Crippen LogP contribution in [0.1, 0.15) is 17.7 Å². The lowest BCUT2D eigenvalue weighted by Gasteiger charge is -2.23. The maximum absolute atomic E-state index is 12.1. The molecule has 0 N–H and O–H groups in total. The molecule has 2 aromatic rings. The molecule has 1 aliphatic heterocycles. The quantitative estimate of drug-likeness (QED) is 0.721. The first-order valence-electron chi connectivity index (χ1n) is 6.17. The maximum Gasteiger partial charge on any atom is 0.247 e. The molecule has 0 radical (unpaired) electrons. The van der Waals surface area contributed by atoms with Gasteiger partial charge < -0.3 is 0 Å². The van der Waals surface area contributed by atoms with Gasteiger partial charge in [0.25, 0.3) is 0 Å². The van der Waals surface area contributed by atoms with Crippen LogP contribution in [0.3, 0.4) is 0 Å². The molecule has 0 atom stereocenters. The molecule has 3 nitrogen and oxygen atoms in total. The summed E-state index contributed by atoms with van der Waals surface area (Å²) in [5.74, 6) is -0.0465. The van der Waals surface area contributed by atoms with Crippen molar-refractivity contribution in [3.05, 3.63) is 49.6 Å². The van der Waals surface area contributed by atoms with E-state index in [1.54, 1.807) is 0 Å². The molecular formula is C14H9Cl3N2OS. The molecule has 1 aromatic heterocycles. The molecule has 2 heterocycles. The molecule has 0 fully saturated rings. The predicted octanol–water partition coefficient (Wildman–Crippen LogP) is 5.24. The summed E-state index contributed by atoms with van der Waals surface area (Å²) in [6.45, 7) is 0. The van der Waals surface area contributed by atoms with Crippen molar-refractivity contribution >= 4 is 63.4 Å². The third kappa shape index (κ3) is 2.81. The Kier molecular flexibility index (Phi) is 4.22. The number of carbonyl (C=O) groups excluding carboxylic acids is 1. The normalized spacial score (nSPS) is 15.3. The highest BCUT2D eigenvalue weighted by atomic mass is 35.5. The number of para-hydroxylation sites is 1. The Balaban J connectivity index is 2.03. The number of hydrogen-bond acceptors (Lipinski definition) is 3. The smallest absolute Gasteiger partial charge is 0.247 e. The first kappa shape index (κ1) is 14.9. The van der Waals surface area contributed by atoms with Crippen molar-refractivity contribution in [1.29, 1.82) is 0 Å². The topological polar surface area (TPSA) is 32.7 Å². The van der Waals surface area contributed by atoms with Crippen LogP contribution in [0.15, 0.2) is 35.4 Å². The average molecular weight is 360 g/mol. The summed E-state index contributed by atoms with van der Waals surface area (Å²) >= 11 is 19.5. The average Bonchev–Trinajstić information content (AvgIpc) is 2.76. The number of rotatable bonds is 2. The van der Waals surface area contributed by atoms with Gasteiger partial charge in [-0.05, 0) is 12.1 Å². The fraction of sp³-hybridized carbons (Fsp3) is 0.143. The number of nitrogens with zero attached hydrogens (tertiary/aromatic N) is 2. The number of thiophene rings is 1. The number of hydrogen-bond donors (Lipinski definition) is 0. The van der Waals surface area contributed by atoms with Crippen LogP contribution in [0.4, 0.5) is 5.69 Å². The fourth-order valence-electron chi connectivity index (χ4n) is 2.04. The molecule has 0 bridgehead atoms. The summed E-state index contributed by atoms with van der Waals surface area (Å²) in [6.07, 6.45) is 0.895. The minimum atomic E-state index is -0.0465. The molecule has 0 aliphatic carbocycles. The molecule has 21 heavy (non-hydrogen) atoms. The number of amides is 1. The van der Waals surface area contributed by atoms with E-state index in [0.29, 0.717) is 27.2 Å². The number of carbonyl (C=O) groups is 1. The van der Waals surface area contributed by atoms with Gasteiger partial charge >= 0.3 is 0 Å². The molecule has 0 unspecified atom stereocenters. The Hall–Kier alpha value is -1.07. The minimum absolute atomic E-state index is 0.0465. The zero-order chi connectivity index (χ0) is 15.0. The zero-order valence-corrected chi connectivity index (χ0v) is 13.7. The summed E-state index contributed by atoms with van der Waals surface area (Å²) < 4.78 is 0.433. The summed E-state index contributed by atoms with van der Waals surface area (Å²) in [5.41, 5.74) is 1.45. The van der Waals surface area contributed by atoms with Gasteiger partial charge in [0, 0.05) is 12.8 Å². The Morgan fingerprint density at radius 1 is 1.05 bits per heavy atom. The van der Waals surface area contributed by atoms with Gasteiger partial charge in [0.05, 0.1) is 26.3 Å². The number of hydrazone groups is 1. The van der Waals surface area contributed by atoms with E-state index < -0.39 is 0 Å². The van der Waals surface area contributed by atoms with Crippen LogP contribution in [0.5, 0.6) is 0 Å². The predicted molar refractivity (Wildman–Crippen MR) is 89.0 cm³/mol. The first-order chi connectivity index (χ1) is 10.1. The Bertz CT molecular complexity index is 727. The van der Waals surface area contributed by atoms with Gasteiger partial charge in [-0.1, -0.05) is 53.0 Å². The largest absolute Gasteiger partial charge is 0.273 e. The van der Waals surface area contributed by atoms with E-state index in [1.807, 2.05) is 30.3 Å². The lowest BCUT2D eigenvalue weighted by molar-refractivity contribution is -0.118. The highest BCUT2D eigenvalue weighted by molar-refractivity contribution is 7.19. The van der Waals surface area contributed by atoms with E-state index in [9.17, 15) is 4.79 Å². The van der Waals surface area contributed by atoms with Crippen molar-refractivity contribution in [2.75, 3.05) is 5.01 Å². The van der Waals surface area contributed by atoms with Crippen LogP contribution >= 0.6 is 46.1 Å². The summed E-state index contributed by atoms with van der Waals surface area (Å²) in [5, 5.41) is 6.56. The molecule has 1 aliphatic rings. The van der Waals surface area contributed by atoms with Gasteiger partial charge in [-0.2, -0.15) is 5.10 Å². The molecular weight excluding hydrogens is 351 g/mol. The van der Waals surface area contributed by atoms with E-state index in [1.165, 1.54) is 16.3 Å². The Labute approximate surface area is 140 Å². The van der Waals surface area contributed by atoms with E-state index in [-0.39, 0.29) is 5.91 Å². The van der Waals surface area contributed by atoms with E-state index in [0.717, 1.165) is 16.3 Å². The van der Waals surface area contributed by atoms with E-state index in [2.05, 4.69) is 5.10 Å². The van der Waals surface area contributed by atoms with Gasteiger partial charge in [0.15, 0.2) is 0 Å². The van der Waals surface area contributed by atoms with Crippen molar-refractivity contribution in [3.63, 3.8) is 0 Å². The van der Waals surface area contributed by atoms with Gasteiger partial charge in [-0.15, -0.1) is 11.3 Å². The number of benzene rings is 1. The Morgan fingerprint density at radius 3 is 2.38 bits per heavy atom. The summed E-state index contributed by atoms with van der Waals surface area (Å²) in [4.78, 5) is 12.8. The monoisotopic (exact) mass is 358 g/mol. The second-order valence-electron chi connectivity index (χ2n) is 4.42. The van der Waals surface area contributed by atoms with Crippen LogP contribution in [-0.2, 0) is 4.79 Å². The fourth-order valence-corrected chi connectivity index (χ4v) is 3.88. The lowest BCUT2D eigenvalue weighted by atomic mass is 10.1. The molecule has 0 spiro atoms. The number of halogens is 3. The molecule has 3 rings (SSSR count). The molecule has 7 heteroatoms. The van der Waals surface area contributed by atoms with Gasteiger partial charge in [-0.3, -0.25) is 4.79 Å². The summed E-state index contributed by atoms with van der Waals surface area (Å²) in [7, 11) is 0. The molecule has 0 saturated heterocycles. The molecule has 0 saturated carbocycles. The van der Waals surface area contributed by atoms with Crippen molar-refractivity contribution in [1.82, 2.24) is 0 Å². The van der Waals surface area contributed by atoms with Gasteiger partial charge in [-0.25, -0.2) is 5.01 Å². The third-order valence-electron chi connectivity index (χ3n) is 3.05. The van der Waals surface area contributed by atoms with Crippen LogP contribution in [0.2, 0.25) is 14.4 Å². The van der Waals surface area contributed by atoms with Gasteiger partial charge in [0.2, 0.25) is 5.91 Å². The maximum atomic E-state index is 12.1. The summed E-state index contributed by atoms with van der Waals surface area (Å²) in [6, 6.07) is 9.27. The van der Waals surface area contributed by atoms with E-state index in [4.69, 9.17) is 34.8 Å². The SMILES string of the molecule is O=C1CCC(c2sc(Cl)c(Cl)c2Cl)=NN1c1ccccc1. The van der Waals surface area contributed by atoms with Crippen LogP contribution in [-0.4, -0.2) is 11.6 Å². The highest BCUT2D eigenvalue weighted by Gasteiger charge is 2.26. The van der Waals surface area contributed by atoms with Crippen LogP contribution in [0, 0.1) is 0 Å². The highest BCUT2D eigenvalue weighted by Crippen LogP contribution is 2.41. The zero-order valence-electron chi connectivity index (χ0n) is 10.6. The van der Waals surface area contributed by atoms with Crippen LogP contribution < -0.4 is 5.01 Å². The van der Waals surface area contributed by atoms with Gasteiger partial charge in [0.1, 0.15) is 4.34 Å². The van der Waals surface area contributed by atoms with Crippen molar-refractivity contribution < 1.29 is 4.79 Å². The molecule has 1 aromatic carbocycles. The van der Waals surface area contributed by atoms with E-state index >= 15 is 0 Å². The van der Waals surface area contributed by atoms with Crippen molar-refractivity contribution in [3.8, 4) is 0 Å². The second-order valence-corrected chi connectivity index (χ2v) is 6.80. The third-order valence-corrected chi connectivity index (χ3v) is 5.67. The lowest BCUT2D eigenvalue weighted by Crippen LogP contribution is -2.31. The Morgan fingerprint density at radius 2 is 1.76 bits per heavy atom. The minimum Gasteiger partial charge on any atom is -0.273 e. The standard InChI is InChI=1S/C14H9Cl3N2OS/c15-11-12(16)14(17)21-13(11)9-6-7-10(20)19(18-9)8-4-2-1-3-5-8/h1-5H,6-7H2. The van der Waals surface area contributed by atoms with Crippen molar-refractivity contribution in [2.24, 2.45) is 5.10 Å². The second kappa shape index (κ2) is 5.97.